The number of rotatable bonds is 6. The Morgan fingerprint density at radius 2 is 1.46 bits per heavy atom. The second-order valence-electron chi connectivity index (χ2n) is 7.62. The molecule has 35 heavy (non-hydrogen) atoms. The van der Waals surface area contributed by atoms with Gasteiger partial charge in [0.1, 0.15) is 15.6 Å². The fourth-order valence-corrected chi connectivity index (χ4v) is 4.90. The fraction of sp³-hybridized carbons (Fsp3) is 0.154. The molecule has 9 heteroatoms. The number of thiophene rings is 1. The summed E-state index contributed by atoms with van der Waals surface area (Å²) in [7, 11) is 2.50. The number of amides is 1. The Bertz CT molecular complexity index is 1410. The van der Waals surface area contributed by atoms with Crippen LogP contribution in [-0.4, -0.2) is 41.8 Å². The van der Waals surface area contributed by atoms with Crippen LogP contribution in [0.3, 0.4) is 0 Å². The quantitative estimate of drug-likeness (QED) is 0.381. The minimum atomic E-state index is -0.663. The van der Waals surface area contributed by atoms with Gasteiger partial charge in [0, 0.05) is 5.56 Å². The molecule has 4 aromatic rings. The summed E-state index contributed by atoms with van der Waals surface area (Å²) in [6.45, 7) is 3.42. The highest BCUT2D eigenvalue weighted by molar-refractivity contribution is 7.18. The van der Waals surface area contributed by atoms with Crippen molar-refractivity contribution in [2.75, 3.05) is 19.5 Å². The number of carbonyl (C=O) groups excluding carboxylic acids is 3. The van der Waals surface area contributed by atoms with E-state index in [1.807, 2.05) is 67.6 Å². The van der Waals surface area contributed by atoms with E-state index < -0.39 is 17.8 Å². The van der Waals surface area contributed by atoms with E-state index in [0.717, 1.165) is 22.6 Å². The number of aromatic nitrogens is 2. The van der Waals surface area contributed by atoms with Gasteiger partial charge in [-0.1, -0.05) is 48.5 Å². The highest BCUT2D eigenvalue weighted by atomic mass is 32.1. The van der Waals surface area contributed by atoms with Gasteiger partial charge in [-0.05, 0) is 31.5 Å². The summed E-state index contributed by atoms with van der Waals surface area (Å²) in [5, 5.41) is 7.76. The lowest BCUT2D eigenvalue weighted by Gasteiger charge is -2.08. The number of benzene rings is 2. The summed E-state index contributed by atoms with van der Waals surface area (Å²) in [5.41, 5.74) is 3.52. The van der Waals surface area contributed by atoms with Crippen LogP contribution < -0.4 is 5.32 Å². The average molecular weight is 490 g/mol. The maximum absolute atomic E-state index is 13.7. The molecule has 4 rings (SSSR count). The molecule has 2 heterocycles. The zero-order valence-electron chi connectivity index (χ0n) is 19.6. The van der Waals surface area contributed by atoms with Crippen molar-refractivity contribution in [3.05, 3.63) is 87.9 Å². The monoisotopic (exact) mass is 489 g/mol. The number of esters is 2. The Hall–Kier alpha value is -4.24. The summed E-state index contributed by atoms with van der Waals surface area (Å²) in [6, 6.07) is 18.9. The molecule has 8 nitrogen and oxygen atoms in total. The molecule has 0 aliphatic carbocycles. The second-order valence-corrected chi connectivity index (χ2v) is 8.64. The van der Waals surface area contributed by atoms with Crippen molar-refractivity contribution in [1.82, 2.24) is 9.78 Å². The van der Waals surface area contributed by atoms with E-state index in [1.165, 1.54) is 14.2 Å². The number of carbonyl (C=O) groups is 3. The summed E-state index contributed by atoms with van der Waals surface area (Å²) in [6.07, 6.45) is 0. The molecule has 0 spiro atoms. The van der Waals surface area contributed by atoms with Gasteiger partial charge >= 0.3 is 11.9 Å². The molecule has 0 saturated carbocycles. The Balaban J connectivity index is 1.84. The smallest absolute Gasteiger partial charge is 0.348 e. The molecular formula is C26H23N3O5S. The van der Waals surface area contributed by atoms with Gasteiger partial charge in [0.25, 0.3) is 5.91 Å². The number of nitrogens with one attached hydrogen (secondary N) is 1. The number of para-hydroxylation sites is 1. The molecule has 0 saturated heterocycles. The van der Waals surface area contributed by atoms with E-state index in [0.29, 0.717) is 22.5 Å². The third kappa shape index (κ3) is 4.45. The lowest BCUT2D eigenvalue weighted by Crippen LogP contribution is -2.16. The number of anilines is 1. The second kappa shape index (κ2) is 9.94. The van der Waals surface area contributed by atoms with Crippen molar-refractivity contribution >= 4 is 34.2 Å². The van der Waals surface area contributed by atoms with Gasteiger partial charge < -0.3 is 14.8 Å². The Labute approximate surface area is 206 Å². The summed E-state index contributed by atoms with van der Waals surface area (Å²) in [5.74, 6) is -1.73. The van der Waals surface area contributed by atoms with Crippen LogP contribution in [0.4, 0.5) is 5.00 Å². The number of methoxy groups -OCH3 is 2. The van der Waals surface area contributed by atoms with Gasteiger partial charge in [0.05, 0.1) is 36.7 Å². The number of hydrogen-bond acceptors (Lipinski definition) is 7. The molecule has 0 fully saturated rings. The molecule has 0 aliphatic heterocycles. The van der Waals surface area contributed by atoms with Crippen LogP contribution in [0.1, 0.15) is 41.6 Å². The van der Waals surface area contributed by atoms with Crippen LogP contribution in [-0.2, 0) is 9.47 Å². The van der Waals surface area contributed by atoms with Crippen molar-refractivity contribution in [2.45, 2.75) is 13.8 Å². The van der Waals surface area contributed by atoms with Crippen LogP contribution in [0, 0.1) is 13.8 Å². The van der Waals surface area contributed by atoms with Gasteiger partial charge in [-0.15, -0.1) is 11.3 Å². The zero-order chi connectivity index (χ0) is 25.1. The average Bonchev–Trinajstić information content (AvgIpc) is 3.40. The number of hydrogen-bond donors (Lipinski definition) is 1. The first-order valence-electron chi connectivity index (χ1n) is 10.7. The van der Waals surface area contributed by atoms with E-state index >= 15 is 0 Å². The normalized spacial score (nSPS) is 10.6. The molecule has 0 aliphatic rings. The summed E-state index contributed by atoms with van der Waals surface area (Å²) >= 11 is 0.962. The minimum absolute atomic E-state index is 0.112. The molecule has 2 aromatic carbocycles. The summed E-state index contributed by atoms with van der Waals surface area (Å²) < 4.78 is 11.4. The molecule has 178 valence electrons. The molecule has 1 N–H and O–H groups in total. The Morgan fingerprint density at radius 3 is 2.06 bits per heavy atom. The Kier molecular flexibility index (Phi) is 6.79. The predicted octanol–water partition coefficient (Wildman–Crippen LogP) is 5.04. The maximum Gasteiger partial charge on any atom is 0.348 e. The van der Waals surface area contributed by atoms with Crippen molar-refractivity contribution in [3.8, 4) is 16.9 Å². The van der Waals surface area contributed by atoms with E-state index in [4.69, 9.17) is 14.6 Å². The SMILES string of the molecule is COC(=O)c1sc(NC(=O)c2c(-c3ccccc3)nn(-c3ccccc3)c2C)c(C(=O)OC)c1C. The van der Waals surface area contributed by atoms with Gasteiger partial charge in [-0.2, -0.15) is 5.10 Å². The fourth-order valence-electron chi connectivity index (χ4n) is 3.80. The van der Waals surface area contributed by atoms with Crippen LogP contribution >= 0.6 is 11.3 Å². The van der Waals surface area contributed by atoms with E-state index in [-0.39, 0.29) is 15.4 Å². The molecule has 1 amide bonds. The van der Waals surface area contributed by atoms with Gasteiger partial charge in [-0.3, -0.25) is 4.79 Å². The van der Waals surface area contributed by atoms with E-state index in [9.17, 15) is 14.4 Å². The number of nitrogens with zero attached hydrogens (tertiary/aromatic N) is 2. The van der Waals surface area contributed by atoms with Crippen molar-refractivity contribution < 1.29 is 23.9 Å². The zero-order valence-corrected chi connectivity index (χ0v) is 20.4. The third-order valence-electron chi connectivity index (χ3n) is 5.53. The predicted molar refractivity (Wildman–Crippen MR) is 133 cm³/mol. The van der Waals surface area contributed by atoms with Crippen molar-refractivity contribution in [3.63, 3.8) is 0 Å². The molecular weight excluding hydrogens is 466 g/mol. The van der Waals surface area contributed by atoms with E-state index in [2.05, 4.69) is 5.32 Å². The standard InChI is InChI=1S/C26H23N3O5S/c1-15-19(25(31)33-3)24(35-22(15)26(32)34-4)27-23(30)20-16(2)29(18-13-9-6-10-14-18)28-21(20)17-11-7-5-8-12-17/h5-14H,1-4H3,(H,27,30). The van der Waals surface area contributed by atoms with Crippen LogP contribution in [0.2, 0.25) is 0 Å². The van der Waals surface area contributed by atoms with Crippen molar-refractivity contribution in [1.29, 1.82) is 0 Å². The molecule has 2 aromatic heterocycles. The van der Waals surface area contributed by atoms with Gasteiger partial charge in [0.15, 0.2) is 0 Å². The largest absolute Gasteiger partial charge is 0.465 e. The topological polar surface area (TPSA) is 99.5 Å². The maximum atomic E-state index is 13.7. The minimum Gasteiger partial charge on any atom is -0.465 e. The van der Waals surface area contributed by atoms with Crippen LogP contribution in [0.25, 0.3) is 16.9 Å². The number of ether oxygens (including phenoxy) is 2. The first-order valence-corrected chi connectivity index (χ1v) is 11.5. The third-order valence-corrected chi connectivity index (χ3v) is 6.71. The molecule has 0 radical (unpaired) electrons. The highest BCUT2D eigenvalue weighted by Crippen LogP contribution is 2.35. The molecule has 0 unspecified atom stereocenters. The van der Waals surface area contributed by atoms with Gasteiger partial charge in [-0.25, -0.2) is 14.3 Å². The van der Waals surface area contributed by atoms with E-state index in [1.54, 1.807) is 11.6 Å². The summed E-state index contributed by atoms with van der Waals surface area (Å²) in [4.78, 5) is 38.6. The molecule has 0 atom stereocenters. The van der Waals surface area contributed by atoms with Gasteiger partial charge in [0.2, 0.25) is 0 Å². The molecule has 0 bridgehead atoms. The lowest BCUT2D eigenvalue weighted by atomic mass is 10.1. The van der Waals surface area contributed by atoms with Crippen LogP contribution in [0.5, 0.6) is 0 Å². The highest BCUT2D eigenvalue weighted by Gasteiger charge is 2.29. The van der Waals surface area contributed by atoms with Crippen molar-refractivity contribution in [2.24, 2.45) is 0 Å². The lowest BCUT2D eigenvalue weighted by molar-refractivity contribution is 0.0601. The Morgan fingerprint density at radius 1 is 0.857 bits per heavy atom. The van der Waals surface area contributed by atoms with Crippen LogP contribution in [0.15, 0.2) is 60.7 Å². The first kappa shape index (κ1) is 23.9. The first-order chi connectivity index (χ1) is 16.9.